The molecule has 0 amide bonds. The molecule has 15 heavy (non-hydrogen) atoms. The van der Waals surface area contributed by atoms with Gasteiger partial charge in [0.2, 0.25) is 0 Å². The Bertz CT molecular complexity index is 221. The van der Waals surface area contributed by atoms with E-state index in [-0.39, 0.29) is 18.8 Å². The fraction of sp³-hybridized carbons (Fsp3) is 1.00. The molecule has 4 heteroatoms. The van der Waals surface area contributed by atoms with E-state index in [1.807, 2.05) is 0 Å². The molecule has 0 bridgehead atoms. The molecule has 4 nitrogen and oxygen atoms in total. The molecule has 2 aliphatic rings. The van der Waals surface area contributed by atoms with Crippen molar-refractivity contribution in [2.75, 3.05) is 13.2 Å². The minimum absolute atomic E-state index is 0.0301. The van der Waals surface area contributed by atoms with Crippen LogP contribution in [-0.4, -0.2) is 41.4 Å². The molecule has 1 spiro atoms. The highest BCUT2D eigenvalue weighted by Crippen LogP contribution is 2.39. The van der Waals surface area contributed by atoms with Gasteiger partial charge < -0.3 is 19.7 Å². The topological polar surface area (TPSA) is 58.9 Å². The second kappa shape index (κ2) is 4.37. The van der Waals surface area contributed by atoms with Crippen LogP contribution in [0.1, 0.15) is 32.6 Å². The van der Waals surface area contributed by atoms with E-state index < -0.39 is 5.79 Å². The maximum absolute atomic E-state index is 9.63. The van der Waals surface area contributed by atoms with Gasteiger partial charge in [-0.25, -0.2) is 0 Å². The SMILES string of the molecule is C[C@@H]1CC[C@@]2(C[C@H](O)CCO2)O[C@H]1CO. The largest absolute Gasteiger partial charge is 0.394 e. The van der Waals surface area contributed by atoms with Crippen LogP contribution in [0.25, 0.3) is 0 Å². The predicted molar refractivity (Wildman–Crippen MR) is 54.3 cm³/mol. The van der Waals surface area contributed by atoms with Gasteiger partial charge in [0.05, 0.1) is 25.4 Å². The second-order valence-electron chi connectivity index (χ2n) is 4.76. The van der Waals surface area contributed by atoms with E-state index in [9.17, 15) is 10.2 Å². The first kappa shape index (κ1) is 11.3. The second-order valence-corrected chi connectivity index (χ2v) is 4.76. The number of aliphatic hydroxyl groups is 2. The van der Waals surface area contributed by atoms with Crippen LogP contribution in [-0.2, 0) is 9.47 Å². The summed E-state index contributed by atoms with van der Waals surface area (Å²) < 4.78 is 11.5. The Morgan fingerprint density at radius 3 is 2.87 bits per heavy atom. The molecule has 2 N–H and O–H groups in total. The highest BCUT2D eigenvalue weighted by molar-refractivity contribution is 4.86. The van der Waals surface area contributed by atoms with Crippen LogP contribution in [0.4, 0.5) is 0 Å². The van der Waals surface area contributed by atoms with E-state index in [0.717, 1.165) is 12.8 Å². The lowest BCUT2D eigenvalue weighted by Crippen LogP contribution is -2.51. The van der Waals surface area contributed by atoms with Gasteiger partial charge in [0, 0.05) is 12.8 Å². The fourth-order valence-electron chi connectivity index (χ4n) is 2.46. The van der Waals surface area contributed by atoms with Crippen LogP contribution < -0.4 is 0 Å². The molecule has 4 atom stereocenters. The van der Waals surface area contributed by atoms with E-state index in [1.54, 1.807) is 0 Å². The zero-order valence-electron chi connectivity index (χ0n) is 9.19. The predicted octanol–water partition coefficient (Wildman–Crippen LogP) is 0.661. The highest BCUT2D eigenvalue weighted by Gasteiger charge is 2.44. The van der Waals surface area contributed by atoms with Gasteiger partial charge in [-0.2, -0.15) is 0 Å². The van der Waals surface area contributed by atoms with Gasteiger partial charge in [-0.1, -0.05) is 6.92 Å². The summed E-state index contributed by atoms with van der Waals surface area (Å²) >= 11 is 0. The molecule has 0 radical (unpaired) electrons. The molecule has 0 unspecified atom stereocenters. The summed E-state index contributed by atoms with van der Waals surface area (Å²) in [6, 6.07) is 0. The molecule has 0 saturated carbocycles. The van der Waals surface area contributed by atoms with Gasteiger partial charge in [0.1, 0.15) is 0 Å². The number of hydrogen-bond donors (Lipinski definition) is 2. The summed E-state index contributed by atoms with van der Waals surface area (Å²) in [5, 5.41) is 18.8. The number of aliphatic hydroxyl groups excluding tert-OH is 2. The minimum Gasteiger partial charge on any atom is -0.394 e. The van der Waals surface area contributed by atoms with Gasteiger partial charge >= 0.3 is 0 Å². The lowest BCUT2D eigenvalue weighted by Gasteiger charge is -2.46. The molecule has 2 fully saturated rings. The Morgan fingerprint density at radius 2 is 2.20 bits per heavy atom. The highest BCUT2D eigenvalue weighted by atomic mass is 16.7. The maximum atomic E-state index is 9.63. The first-order valence-electron chi connectivity index (χ1n) is 5.76. The molecule has 0 aromatic rings. The monoisotopic (exact) mass is 216 g/mol. The van der Waals surface area contributed by atoms with Gasteiger partial charge in [-0.3, -0.25) is 0 Å². The average molecular weight is 216 g/mol. The number of hydrogen-bond acceptors (Lipinski definition) is 4. The summed E-state index contributed by atoms with van der Waals surface area (Å²) in [5.74, 6) is -0.263. The quantitative estimate of drug-likeness (QED) is 0.676. The molecule has 0 aliphatic carbocycles. The van der Waals surface area contributed by atoms with Crippen LogP contribution in [0.15, 0.2) is 0 Å². The zero-order valence-corrected chi connectivity index (χ0v) is 9.19. The first-order valence-corrected chi connectivity index (χ1v) is 5.76. The van der Waals surface area contributed by atoms with Gasteiger partial charge in [-0.15, -0.1) is 0 Å². The smallest absolute Gasteiger partial charge is 0.171 e. The van der Waals surface area contributed by atoms with Crippen molar-refractivity contribution in [2.45, 2.75) is 50.6 Å². The Kier molecular flexibility index (Phi) is 3.30. The van der Waals surface area contributed by atoms with E-state index in [4.69, 9.17) is 9.47 Å². The summed E-state index contributed by atoms with van der Waals surface area (Å²) in [4.78, 5) is 0. The van der Waals surface area contributed by atoms with Crippen LogP contribution in [0.2, 0.25) is 0 Å². The Balaban J connectivity index is 2.02. The van der Waals surface area contributed by atoms with Crippen molar-refractivity contribution in [3.63, 3.8) is 0 Å². The summed E-state index contributed by atoms with van der Waals surface area (Å²) in [5.41, 5.74) is 0. The lowest BCUT2D eigenvalue weighted by molar-refractivity contribution is -0.319. The van der Waals surface area contributed by atoms with Crippen LogP contribution in [0.5, 0.6) is 0 Å². The van der Waals surface area contributed by atoms with Crippen LogP contribution >= 0.6 is 0 Å². The molecule has 2 saturated heterocycles. The molecule has 88 valence electrons. The Morgan fingerprint density at radius 1 is 1.40 bits per heavy atom. The molecule has 2 heterocycles. The van der Waals surface area contributed by atoms with Crippen LogP contribution in [0.3, 0.4) is 0 Å². The van der Waals surface area contributed by atoms with E-state index in [0.29, 0.717) is 25.4 Å². The van der Waals surface area contributed by atoms with Crippen molar-refractivity contribution < 1.29 is 19.7 Å². The third-order valence-electron chi connectivity index (χ3n) is 3.52. The number of rotatable bonds is 1. The first-order chi connectivity index (χ1) is 7.15. The molecule has 0 aromatic heterocycles. The van der Waals surface area contributed by atoms with Crippen molar-refractivity contribution in [1.82, 2.24) is 0 Å². The zero-order chi connectivity index (χ0) is 10.9. The summed E-state index contributed by atoms with van der Waals surface area (Å²) in [6.45, 7) is 2.66. The normalized spacial score (nSPS) is 47.0. The minimum atomic E-state index is -0.627. The molecular formula is C11H20O4. The van der Waals surface area contributed by atoms with Crippen molar-refractivity contribution in [1.29, 1.82) is 0 Å². The van der Waals surface area contributed by atoms with E-state index >= 15 is 0 Å². The van der Waals surface area contributed by atoms with E-state index in [2.05, 4.69) is 6.92 Å². The standard InChI is InChI=1S/C11H20O4/c1-8-2-4-11(15-10(8)7-12)6-9(13)3-5-14-11/h8-10,12-13H,2-7H2,1H3/t8-,9-,10+,11+/m1/s1. The maximum Gasteiger partial charge on any atom is 0.171 e. The van der Waals surface area contributed by atoms with Gasteiger partial charge in [0.15, 0.2) is 5.79 Å². The average Bonchev–Trinajstić information content (AvgIpc) is 2.22. The molecule has 2 aliphatic heterocycles. The molecule has 2 rings (SSSR count). The van der Waals surface area contributed by atoms with Crippen molar-refractivity contribution in [3.05, 3.63) is 0 Å². The van der Waals surface area contributed by atoms with Crippen molar-refractivity contribution in [2.24, 2.45) is 5.92 Å². The Hall–Kier alpha value is -0.160. The summed E-state index contributed by atoms with van der Waals surface area (Å²) in [7, 11) is 0. The van der Waals surface area contributed by atoms with Crippen LogP contribution in [0, 0.1) is 5.92 Å². The van der Waals surface area contributed by atoms with Crippen molar-refractivity contribution in [3.8, 4) is 0 Å². The summed E-state index contributed by atoms with van der Waals surface area (Å²) in [6.07, 6.45) is 2.55. The Labute approximate surface area is 90.2 Å². The van der Waals surface area contributed by atoms with Gasteiger partial charge in [-0.05, 0) is 18.8 Å². The van der Waals surface area contributed by atoms with Crippen molar-refractivity contribution >= 4 is 0 Å². The van der Waals surface area contributed by atoms with Gasteiger partial charge in [0.25, 0.3) is 0 Å². The fourth-order valence-corrected chi connectivity index (χ4v) is 2.46. The third kappa shape index (κ3) is 2.33. The molecule has 0 aromatic carbocycles. The lowest BCUT2D eigenvalue weighted by atomic mass is 9.88. The number of ether oxygens (including phenoxy) is 2. The third-order valence-corrected chi connectivity index (χ3v) is 3.52. The van der Waals surface area contributed by atoms with E-state index in [1.165, 1.54) is 0 Å². The molecular weight excluding hydrogens is 196 g/mol.